The second-order valence-electron chi connectivity index (χ2n) is 7.18. The molecule has 1 aromatic heterocycles. The molecule has 2 aromatic rings. The van der Waals surface area contributed by atoms with Crippen molar-refractivity contribution >= 4 is 17.9 Å². The second-order valence-corrected chi connectivity index (χ2v) is 7.18. The van der Waals surface area contributed by atoms with E-state index in [2.05, 4.69) is 51.7 Å². The fraction of sp³-hybridized carbons (Fsp3) is 0.217. The monoisotopic (exact) mass is 403 g/mol. The van der Waals surface area contributed by atoms with Crippen LogP contribution in [0, 0.1) is 17.7 Å². The van der Waals surface area contributed by atoms with Gasteiger partial charge in [-0.2, -0.15) is 0 Å². The number of rotatable bonds is 1. The van der Waals surface area contributed by atoms with E-state index >= 15 is 0 Å². The van der Waals surface area contributed by atoms with E-state index in [0.29, 0.717) is 18.1 Å². The molecule has 7 heteroatoms. The molecule has 2 aliphatic heterocycles. The van der Waals surface area contributed by atoms with E-state index in [0.717, 1.165) is 5.56 Å². The Labute approximate surface area is 175 Å². The number of allylic oxidation sites excluding steroid dienone is 1. The van der Waals surface area contributed by atoms with Gasteiger partial charge >= 0.3 is 0 Å². The van der Waals surface area contributed by atoms with Gasteiger partial charge in [0, 0.05) is 37.4 Å². The van der Waals surface area contributed by atoms with Crippen LogP contribution in [0.5, 0.6) is 0 Å². The third kappa shape index (κ3) is 5.46. The standard InChI is InChI=1S/C18H17FN4.C5H5NO/c1-18(2)10-11-23(22(18)3)17-20-12-15(13-21-17)5-4-14-6-8-16(19)9-7-14;7-5-2-1-3-6-4-5/h6-13H,1-3H3;1-3H,4H2. The minimum atomic E-state index is -0.269. The number of dihydropyridines is 1. The van der Waals surface area contributed by atoms with Gasteiger partial charge in [-0.05, 0) is 56.3 Å². The molecule has 0 N–H and O–H groups in total. The van der Waals surface area contributed by atoms with Gasteiger partial charge in [0.25, 0.3) is 0 Å². The highest BCUT2D eigenvalue weighted by molar-refractivity contribution is 5.98. The van der Waals surface area contributed by atoms with Crippen molar-refractivity contribution in [2.75, 3.05) is 18.6 Å². The Kier molecular flexibility index (Phi) is 6.50. The zero-order chi connectivity index (χ0) is 21.6. The van der Waals surface area contributed by atoms with Crippen molar-refractivity contribution in [2.24, 2.45) is 4.99 Å². The van der Waals surface area contributed by atoms with Crippen molar-refractivity contribution in [3.63, 3.8) is 0 Å². The summed E-state index contributed by atoms with van der Waals surface area (Å²) in [5, 5.41) is 3.96. The summed E-state index contributed by atoms with van der Waals surface area (Å²) in [4.78, 5) is 22.7. The summed E-state index contributed by atoms with van der Waals surface area (Å²) in [6.07, 6.45) is 12.2. The van der Waals surface area contributed by atoms with Crippen LogP contribution >= 0.6 is 0 Å². The lowest BCUT2D eigenvalue weighted by atomic mass is 10.1. The Balaban J connectivity index is 0.000000310. The van der Waals surface area contributed by atoms with Gasteiger partial charge in [-0.15, -0.1) is 0 Å². The smallest absolute Gasteiger partial charge is 0.244 e. The molecule has 0 fully saturated rings. The summed E-state index contributed by atoms with van der Waals surface area (Å²) in [7, 11) is 1.99. The second kappa shape index (κ2) is 9.25. The first-order valence-electron chi connectivity index (χ1n) is 9.36. The summed E-state index contributed by atoms with van der Waals surface area (Å²) >= 11 is 0. The molecule has 0 radical (unpaired) electrons. The Morgan fingerprint density at radius 3 is 2.23 bits per heavy atom. The predicted molar refractivity (Wildman–Crippen MR) is 115 cm³/mol. The third-order valence-corrected chi connectivity index (χ3v) is 4.54. The summed E-state index contributed by atoms with van der Waals surface area (Å²) in [6, 6.07) is 6.06. The lowest BCUT2D eigenvalue weighted by Crippen LogP contribution is -2.44. The molecule has 2 aliphatic rings. The Morgan fingerprint density at radius 2 is 1.73 bits per heavy atom. The fourth-order valence-electron chi connectivity index (χ4n) is 2.53. The summed E-state index contributed by atoms with van der Waals surface area (Å²) < 4.78 is 12.8. The molecule has 0 spiro atoms. The normalized spacial score (nSPS) is 16.7. The van der Waals surface area contributed by atoms with E-state index in [1.807, 2.05) is 18.3 Å². The quantitative estimate of drug-likeness (QED) is 0.685. The third-order valence-electron chi connectivity index (χ3n) is 4.54. The van der Waals surface area contributed by atoms with E-state index < -0.39 is 0 Å². The number of aromatic nitrogens is 2. The SMILES string of the molecule is CN1N(c2ncc(C#Cc3ccc(F)cc3)cn2)C=CC1(C)C.O=C1C=CC=NC1. The highest BCUT2D eigenvalue weighted by Crippen LogP contribution is 2.26. The maximum atomic E-state index is 12.8. The molecule has 0 amide bonds. The van der Waals surface area contributed by atoms with Crippen molar-refractivity contribution in [1.29, 1.82) is 0 Å². The number of nitrogens with zero attached hydrogens (tertiary/aromatic N) is 5. The minimum Gasteiger partial charge on any atom is -0.293 e. The number of likely N-dealkylation sites (N-methyl/N-ethyl adjacent to an activating group) is 1. The molecule has 3 heterocycles. The Morgan fingerprint density at radius 1 is 1.07 bits per heavy atom. The molecular formula is C23H22FN5O. The average molecular weight is 403 g/mol. The van der Waals surface area contributed by atoms with Crippen molar-refractivity contribution in [3.05, 3.63) is 78.0 Å². The summed E-state index contributed by atoms with van der Waals surface area (Å²) in [5.41, 5.74) is 1.40. The average Bonchev–Trinajstić information content (AvgIpc) is 3.02. The van der Waals surface area contributed by atoms with Gasteiger partial charge < -0.3 is 0 Å². The first kappa shape index (κ1) is 21.1. The van der Waals surface area contributed by atoms with Crippen LogP contribution in [0.15, 0.2) is 66.1 Å². The first-order valence-corrected chi connectivity index (χ1v) is 9.36. The Bertz CT molecular complexity index is 1040. The predicted octanol–water partition coefficient (Wildman–Crippen LogP) is 3.17. The maximum Gasteiger partial charge on any atom is 0.244 e. The van der Waals surface area contributed by atoms with E-state index in [9.17, 15) is 9.18 Å². The van der Waals surface area contributed by atoms with Crippen LogP contribution in [0.1, 0.15) is 25.0 Å². The van der Waals surface area contributed by atoms with Crippen LogP contribution < -0.4 is 5.01 Å². The molecule has 6 nitrogen and oxygen atoms in total. The van der Waals surface area contributed by atoms with Crippen molar-refractivity contribution in [3.8, 4) is 11.8 Å². The van der Waals surface area contributed by atoms with Gasteiger partial charge in [0.2, 0.25) is 5.95 Å². The van der Waals surface area contributed by atoms with Crippen LogP contribution in [0.3, 0.4) is 0 Å². The summed E-state index contributed by atoms with van der Waals surface area (Å²) in [5.74, 6) is 6.36. The molecule has 30 heavy (non-hydrogen) atoms. The topological polar surface area (TPSA) is 61.7 Å². The number of hydrazine groups is 1. The van der Waals surface area contributed by atoms with Gasteiger partial charge in [0.15, 0.2) is 5.78 Å². The van der Waals surface area contributed by atoms with E-state index in [1.54, 1.807) is 36.8 Å². The van der Waals surface area contributed by atoms with Gasteiger partial charge in [-0.3, -0.25) is 9.79 Å². The molecule has 0 bridgehead atoms. The van der Waals surface area contributed by atoms with Crippen molar-refractivity contribution in [1.82, 2.24) is 15.0 Å². The van der Waals surface area contributed by atoms with Crippen LogP contribution in [0.25, 0.3) is 0 Å². The Hall–Kier alpha value is -3.63. The minimum absolute atomic E-state index is 0.0651. The van der Waals surface area contributed by atoms with E-state index in [1.165, 1.54) is 18.2 Å². The lowest BCUT2D eigenvalue weighted by molar-refractivity contribution is -0.113. The van der Waals surface area contributed by atoms with E-state index in [-0.39, 0.29) is 17.1 Å². The van der Waals surface area contributed by atoms with Crippen LogP contribution in [-0.2, 0) is 4.79 Å². The first-order chi connectivity index (χ1) is 14.3. The molecule has 152 valence electrons. The van der Waals surface area contributed by atoms with Crippen LogP contribution in [0.4, 0.5) is 10.3 Å². The largest absolute Gasteiger partial charge is 0.293 e. The van der Waals surface area contributed by atoms with E-state index in [4.69, 9.17) is 0 Å². The number of anilines is 1. The zero-order valence-electron chi connectivity index (χ0n) is 17.1. The van der Waals surface area contributed by atoms with Gasteiger partial charge in [-0.25, -0.2) is 24.4 Å². The highest BCUT2D eigenvalue weighted by atomic mass is 19.1. The highest BCUT2D eigenvalue weighted by Gasteiger charge is 2.31. The van der Waals surface area contributed by atoms with Gasteiger partial charge in [-0.1, -0.05) is 11.8 Å². The van der Waals surface area contributed by atoms with Crippen molar-refractivity contribution < 1.29 is 9.18 Å². The molecule has 0 atom stereocenters. The van der Waals surface area contributed by atoms with Crippen LogP contribution in [0.2, 0.25) is 0 Å². The zero-order valence-corrected chi connectivity index (χ0v) is 17.1. The molecule has 0 aliphatic carbocycles. The van der Waals surface area contributed by atoms with Crippen LogP contribution in [-0.4, -0.2) is 46.1 Å². The fourth-order valence-corrected chi connectivity index (χ4v) is 2.53. The van der Waals surface area contributed by atoms with Gasteiger partial charge in [0.1, 0.15) is 12.4 Å². The lowest BCUT2D eigenvalue weighted by Gasteiger charge is -2.33. The molecule has 0 saturated heterocycles. The molecule has 4 rings (SSSR count). The molecule has 0 unspecified atom stereocenters. The number of hydrogen-bond donors (Lipinski definition) is 0. The number of carbonyl (C=O) groups is 1. The number of aliphatic imine (C=N–C) groups is 1. The number of benzene rings is 1. The number of carbonyl (C=O) groups excluding carboxylic acids is 1. The summed E-state index contributed by atoms with van der Waals surface area (Å²) in [6.45, 7) is 4.56. The maximum absolute atomic E-state index is 12.8. The molecular weight excluding hydrogens is 381 g/mol. The van der Waals surface area contributed by atoms with Gasteiger partial charge in [0.05, 0.1) is 11.1 Å². The van der Waals surface area contributed by atoms with Crippen molar-refractivity contribution in [2.45, 2.75) is 19.4 Å². The number of ketones is 1. The molecule has 0 saturated carbocycles. The number of halogens is 1. The molecule has 1 aromatic carbocycles. The number of hydrogen-bond acceptors (Lipinski definition) is 6.